The molecule has 0 bridgehead atoms. The summed E-state index contributed by atoms with van der Waals surface area (Å²) in [5.41, 5.74) is -0.188. The number of nitrogens with one attached hydrogen (secondary N) is 2. The SMILES string of the molecule is O=c1[nH]cnc(NCCc2nccs2)c1Br. The summed E-state index contributed by atoms with van der Waals surface area (Å²) in [5.74, 6) is 0.556. The maximum atomic E-state index is 11.2. The number of aromatic amines is 1. The minimum atomic E-state index is -0.188. The zero-order chi connectivity index (χ0) is 11.4. The van der Waals surface area contributed by atoms with E-state index in [0.29, 0.717) is 16.8 Å². The van der Waals surface area contributed by atoms with E-state index in [0.717, 1.165) is 11.4 Å². The molecule has 0 spiro atoms. The van der Waals surface area contributed by atoms with Crippen LogP contribution in [0.1, 0.15) is 5.01 Å². The minimum Gasteiger partial charge on any atom is -0.368 e. The second-order valence-electron chi connectivity index (χ2n) is 3.00. The van der Waals surface area contributed by atoms with Crippen LogP contribution in [-0.2, 0) is 6.42 Å². The van der Waals surface area contributed by atoms with E-state index in [4.69, 9.17) is 0 Å². The highest BCUT2D eigenvalue weighted by Gasteiger charge is 2.04. The van der Waals surface area contributed by atoms with Crippen LogP contribution >= 0.6 is 27.3 Å². The summed E-state index contributed by atoms with van der Waals surface area (Å²) in [6.07, 6.45) is 3.97. The van der Waals surface area contributed by atoms with Gasteiger partial charge >= 0.3 is 0 Å². The van der Waals surface area contributed by atoms with E-state index in [9.17, 15) is 4.79 Å². The summed E-state index contributed by atoms with van der Waals surface area (Å²) >= 11 is 4.79. The van der Waals surface area contributed by atoms with Crippen molar-refractivity contribution in [2.45, 2.75) is 6.42 Å². The van der Waals surface area contributed by atoms with Crippen molar-refractivity contribution in [3.63, 3.8) is 0 Å². The Morgan fingerprint density at radius 3 is 3.12 bits per heavy atom. The molecule has 0 atom stereocenters. The first-order valence-electron chi connectivity index (χ1n) is 4.63. The van der Waals surface area contributed by atoms with E-state index in [1.54, 1.807) is 17.5 Å². The topological polar surface area (TPSA) is 70.7 Å². The zero-order valence-electron chi connectivity index (χ0n) is 8.24. The summed E-state index contributed by atoms with van der Waals surface area (Å²) < 4.78 is 0.425. The number of hydrogen-bond acceptors (Lipinski definition) is 5. The van der Waals surface area contributed by atoms with E-state index in [-0.39, 0.29) is 5.56 Å². The quantitative estimate of drug-likeness (QED) is 0.900. The van der Waals surface area contributed by atoms with Gasteiger partial charge in [-0.25, -0.2) is 9.97 Å². The van der Waals surface area contributed by atoms with Crippen LogP contribution in [0.2, 0.25) is 0 Å². The monoisotopic (exact) mass is 300 g/mol. The van der Waals surface area contributed by atoms with E-state index in [2.05, 4.69) is 36.2 Å². The Morgan fingerprint density at radius 1 is 1.50 bits per heavy atom. The van der Waals surface area contributed by atoms with Gasteiger partial charge in [0.2, 0.25) is 0 Å². The van der Waals surface area contributed by atoms with Gasteiger partial charge in [-0.05, 0) is 15.9 Å². The molecule has 2 rings (SSSR count). The van der Waals surface area contributed by atoms with E-state index < -0.39 is 0 Å². The summed E-state index contributed by atoms with van der Waals surface area (Å²) in [4.78, 5) is 21.9. The molecule has 2 N–H and O–H groups in total. The Morgan fingerprint density at radius 2 is 2.38 bits per heavy atom. The molecule has 5 nitrogen and oxygen atoms in total. The summed E-state index contributed by atoms with van der Waals surface area (Å²) in [6, 6.07) is 0. The first-order valence-corrected chi connectivity index (χ1v) is 6.30. The van der Waals surface area contributed by atoms with Crippen molar-refractivity contribution in [2.75, 3.05) is 11.9 Å². The molecule has 7 heteroatoms. The minimum absolute atomic E-state index is 0.188. The highest BCUT2D eigenvalue weighted by molar-refractivity contribution is 9.10. The number of thiazole rings is 1. The van der Waals surface area contributed by atoms with Gasteiger partial charge in [0.05, 0.1) is 11.3 Å². The van der Waals surface area contributed by atoms with Gasteiger partial charge in [0.15, 0.2) is 0 Å². The molecule has 2 aromatic heterocycles. The lowest BCUT2D eigenvalue weighted by Crippen LogP contribution is -2.13. The molecule has 16 heavy (non-hydrogen) atoms. The van der Waals surface area contributed by atoms with Crippen molar-refractivity contribution in [2.24, 2.45) is 0 Å². The van der Waals surface area contributed by atoms with Crippen molar-refractivity contribution in [1.82, 2.24) is 15.0 Å². The van der Waals surface area contributed by atoms with Crippen LogP contribution in [0.3, 0.4) is 0 Å². The van der Waals surface area contributed by atoms with Gasteiger partial charge in [0, 0.05) is 24.5 Å². The van der Waals surface area contributed by atoms with Crippen LogP contribution in [0, 0.1) is 0 Å². The van der Waals surface area contributed by atoms with Crippen LogP contribution in [0.15, 0.2) is 27.2 Å². The second-order valence-corrected chi connectivity index (χ2v) is 4.77. The summed E-state index contributed by atoms with van der Waals surface area (Å²) in [5, 5.41) is 6.09. The molecule has 0 saturated heterocycles. The fraction of sp³-hybridized carbons (Fsp3) is 0.222. The van der Waals surface area contributed by atoms with Gasteiger partial charge in [-0.15, -0.1) is 11.3 Å². The molecular weight excluding hydrogens is 292 g/mol. The average Bonchev–Trinajstić information content (AvgIpc) is 2.77. The van der Waals surface area contributed by atoms with Gasteiger partial charge in [-0.2, -0.15) is 0 Å². The summed E-state index contributed by atoms with van der Waals surface area (Å²) in [6.45, 7) is 0.697. The van der Waals surface area contributed by atoms with Crippen molar-refractivity contribution >= 4 is 33.1 Å². The number of H-pyrrole nitrogens is 1. The molecule has 0 saturated carbocycles. The van der Waals surface area contributed by atoms with Gasteiger partial charge in [-0.1, -0.05) is 0 Å². The number of anilines is 1. The molecule has 0 amide bonds. The molecule has 0 radical (unpaired) electrons. The number of aromatic nitrogens is 3. The van der Waals surface area contributed by atoms with E-state index >= 15 is 0 Å². The normalized spacial score (nSPS) is 10.3. The highest BCUT2D eigenvalue weighted by Crippen LogP contribution is 2.13. The first kappa shape index (κ1) is 11.3. The van der Waals surface area contributed by atoms with Crippen molar-refractivity contribution in [1.29, 1.82) is 0 Å². The predicted molar refractivity (Wildman–Crippen MR) is 66.9 cm³/mol. The lowest BCUT2D eigenvalue weighted by atomic mass is 10.4. The molecule has 0 aliphatic rings. The number of halogens is 1. The lowest BCUT2D eigenvalue weighted by molar-refractivity contribution is 0.974. The van der Waals surface area contributed by atoms with Crippen molar-refractivity contribution in [3.8, 4) is 0 Å². The van der Waals surface area contributed by atoms with Crippen LogP contribution in [0.25, 0.3) is 0 Å². The summed E-state index contributed by atoms with van der Waals surface area (Å²) in [7, 11) is 0. The van der Waals surface area contributed by atoms with Crippen LogP contribution in [-0.4, -0.2) is 21.5 Å². The standard InChI is InChI=1S/C9H9BrN4OS/c10-7-8(13-5-14-9(7)15)12-2-1-6-11-3-4-16-6/h3-5H,1-2H2,(H2,12,13,14,15). The zero-order valence-corrected chi connectivity index (χ0v) is 10.6. The molecule has 0 aliphatic heterocycles. The Hall–Kier alpha value is -1.21. The second kappa shape index (κ2) is 5.22. The molecule has 0 unspecified atom stereocenters. The third kappa shape index (κ3) is 2.67. The molecule has 0 fully saturated rings. The molecular formula is C9H9BrN4OS. The fourth-order valence-electron chi connectivity index (χ4n) is 1.17. The Bertz CT molecular complexity index is 510. The van der Waals surface area contributed by atoms with Crippen LogP contribution in [0.5, 0.6) is 0 Å². The van der Waals surface area contributed by atoms with Crippen LogP contribution < -0.4 is 10.9 Å². The number of nitrogens with zero attached hydrogens (tertiary/aromatic N) is 2. The average molecular weight is 301 g/mol. The van der Waals surface area contributed by atoms with Gasteiger partial charge in [0.25, 0.3) is 5.56 Å². The molecule has 2 heterocycles. The molecule has 2 aromatic rings. The molecule has 84 valence electrons. The maximum Gasteiger partial charge on any atom is 0.267 e. The van der Waals surface area contributed by atoms with Crippen LogP contribution in [0.4, 0.5) is 5.82 Å². The van der Waals surface area contributed by atoms with E-state index in [1.165, 1.54) is 6.33 Å². The highest BCUT2D eigenvalue weighted by atomic mass is 79.9. The number of rotatable bonds is 4. The third-order valence-corrected chi connectivity index (χ3v) is 3.49. The van der Waals surface area contributed by atoms with Crippen molar-refractivity contribution < 1.29 is 0 Å². The fourth-order valence-corrected chi connectivity index (χ4v) is 2.15. The third-order valence-electron chi connectivity index (χ3n) is 1.91. The lowest BCUT2D eigenvalue weighted by Gasteiger charge is -2.04. The predicted octanol–water partition coefficient (Wildman–Crippen LogP) is 1.64. The largest absolute Gasteiger partial charge is 0.368 e. The van der Waals surface area contributed by atoms with Crippen molar-refractivity contribution in [3.05, 3.63) is 37.7 Å². The number of hydrogen-bond donors (Lipinski definition) is 2. The molecule has 0 aliphatic carbocycles. The van der Waals surface area contributed by atoms with E-state index in [1.807, 2.05) is 5.38 Å². The Labute approximate surface area is 104 Å². The Balaban J connectivity index is 1.95. The van der Waals surface area contributed by atoms with Gasteiger partial charge in [0.1, 0.15) is 10.3 Å². The first-order chi connectivity index (χ1) is 7.77. The molecule has 0 aromatic carbocycles. The van der Waals surface area contributed by atoms with Gasteiger partial charge in [-0.3, -0.25) is 4.79 Å². The van der Waals surface area contributed by atoms with Gasteiger partial charge < -0.3 is 10.3 Å². The maximum absolute atomic E-state index is 11.2. The smallest absolute Gasteiger partial charge is 0.267 e. The Kier molecular flexibility index (Phi) is 3.68.